The van der Waals surface area contributed by atoms with Crippen LogP contribution in [0.2, 0.25) is 0 Å². The molecule has 0 aliphatic carbocycles. The molecule has 0 atom stereocenters. The van der Waals surface area contributed by atoms with E-state index in [2.05, 4.69) is 24.9 Å². The van der Waals surface area contributed by atoms with Crippen LogP contribution in [-0.4, -0.2) is 4.98 Å². The minimum atomic E-state index is 1.27. The summed E-state index contributed by atoms with van der Waals surface area (Å²) in [7, 11) is 0. The molecule has 1 heteroatoms. The zero-order valence-electron chi connectivity index (χ0n) is 6.96. The lowest BCUT2D eigenvalue weighted by molar-refractivity contribution is 1.27. The first-order valence-corrected chi connectivity index (χ1v) is 3.74. The number of hydrogen-bond acceptors (Lipinski definition) is 0. The predicted octanol–water partition coefficient (Wildman–Crippen LogP) is 2.76. The zero-order valence-corrected chi connectivity index (χ0v) is 6.96. The van der Waals surface area contributed by atoms with Gasteiger partial charge in [0.2, 0.25) is 0 Å². The second-order valence-electron chi connectivity index (χ2n) is 2.59. The molecule has 0 unspecified atom stereocenters. The van der Waals surface area contributed by atoms with Gasteiger partial charge in [-0.1, -0.05) is 18.2 Å². The molecule has 1 heterocycles. The van der Waals surface area contributed by atoms with Gasteiger partial charge in [0.25, 0.3) is 0 Å². The molecule has 1 aromatic heterocycles. The standard InChI is InChI=1S/C10H13N/c1-9-6-4-3-5-7-11-8-10(9)2/h3-8,11H,1-2H3. The smallest absolute Gasteiger partial charge is 0.00366 e. The van der Waals surface area contributed by atoms with E-state index in [0.29, 0.717) is 0 Å². The minimum Gasteiger partial charge on any atom is -0.367 e. The van der Waals surface area contributed by atoms with Crippen molar-refractivity contribution in [2.75, 3.05) is 0 Å². The Bertz CT molecular complexity index is 245. The van der Waals surface area contributed by atoms with Crippen molar-refractivity contribution in [3.8, 4) is 0 Å². The highest BCUT2D eigenvalue weighted by Gasteiger charge is 1.81. The number of hydrogen-bond donors (Lipinski definition) is 1. The van der Waals surface area contributed by atoms with Gasteiger partial charge in [-0.3, -0.25) is 0 Å². The van der Waals surface area contributed by atoms with Crippen LogP contribution in [0.5, 0.6) is 0 Å². The van der Waals surface area contributed by atoms with E-state index in [9.17, 15) is 0 Å². The fraction of sp³-hybridized carbons (Fsp3) is 0.200. The van der Waals surface area contributed by atoms with Crippen LogP contribution in [0.15, 0.2) is 36.7 Å². The molecule has 0 saturated carbocycles. The average molecular weight is 147 g/mol. The third-order valence-corrected chi connectivity index (χ3v) is 1.68. The first kappa shape index (κ1) is 7.86. The fourth-order valence-electron chi connectivity index (χ4n) is 0.794. The molecule has 0 aromatic carbocycles. The molecular formula is C10H13N. The maximum atomic E-state index is 3.07. The van der Waals surface area contributed by atoms with Gasteiger partial charge in [0, 0.05) is 12.4 Å². The van der Waals surface area contributed by atoms with E-state index in [1.807, 2.05) is 30.6 Å². The number of aryl methyl sites for hydroxylation is 2. The molecule has 58 valence electrons. The second-order valence-corrected chi connectivity index (χ2v) is 2.59. The summed E-state index contributed by atoms with van der Waals surface area (Å²) < 4.78 is 0. The maximum Gasteiger partial charge on any atom is 0.00366 e. The molecule has 0 saturated heterocycles. The number of rotatable bonds is 0. The summed E-state index contributed by atoms with van der Waals surface area (Å²) >= 11 is 0. The van der Waals surface area contributed by atoms with Crippen molar-refractivity contribution in [2.24, 2.45) is 0 Å². The fourth-order valence-corrected chi connectivity index (χ4v) is 0.794. The van der Waals surface area contributed by atoms with Crippen molar-refractivity contribution >= 4 is 0 Å². The zero-order chi connectivity index (χ0) is 8.10. The Kier molecular flexibility index (Phi) is 2.73. The van der Waals surface area contributed by atoms with Gasteiger partial charge in [0.05, 0.1) is 0 Å². The Labute approximate surface area is 67.4 Å². The van der Waals surface area contributed by atoms with Crippen LogP contribution < -0.4 is 0 Å². The highest BCUT2D eigenvalue weighted by molar-refractivity contribution is 5.18. The molecular weight excluding hydrogens is 134 g/mol. The molecule has 1 aromatic rings. The summed E-state index contributed by atoms with van der Waals surface area (Å²) in [5, 5.41) is 0. The van der Waals surface area contributed by atoms with E-state index in [0.717, 1.165) is 0 Å². The van der Waals surface area contributed by atoms with Crippen molar-refractivity contribution in [3.63, 3.8) is 0 Å². The summed E-state index contributed by atoms with van der Waals surface area (Å²) in [6, 6.07) is 8.11. The maximum absolute atomic E-state index is 3.07. The van der Waals surface area contributed by atoms with Gasteiger partial charge in [-0.15, -0.1) is 0 Å². The van der Waals surface area contributed by atoms with Gasteiger partial charge in [-0.25, -0.2) is 0 Å². The van der Waals surface area contributed by atoms with E-state index >= 15 is 0 Å². The molecule has 1 rings (SSSR count). The van der Waals surface area contributed by atoms with Crippen LogP contribution >= 0.6 is 0 Å². The van der Waals surface area contributed by atoms with Crippen molar-refractivity contribution in [3.05, 3.63) is 47.8 Å². The Balaban J connectivity index is 3.28. The van der Waals surface area contributed by atoms with Gasteiger partial charge in [-0.2, -0.15) is 0 Å². The normalized spacial score (nSPS) is 8.91. The van der Waals surface area contributed by atoms with E-state index in [1.54, 1.807) is 0 Å². The number of nitrogens with one attached hydrogen (secondary N) is 1. The first-order valence-electron chi connectivity index (χ1n) is 3.74. The number of H-pyrrole nitrogens is 1. The van der Waals surface area contributed by atoms with Crippen LogP contribution in [0, 0.1) is 13.8 Å². The highest BCUT2D eigenvalue weighted by Crippen LogP contribution is 1.98. The molecule has 1 N–H and O–H groups in total. The predicted molar refractivity (Wildman–Crippen MR) is 47.9 cm³/mol. The summed E-state index contributed by atoms with van der Waals surface area (Å²) in [6.07, 6.45) is 3.90. The molecule has 0 amide bonds. The highest BCUT2D eigenvalue weighted by atomic mass is 14.6. The number of aromatic nitrogens is 1. The summed E-state index contributed by atoms with van der Waals surface area (Å²) in [5.74, 6) is 0. The Morgan fingerprint density at radius 1 is 1.00 bits per heavy atom. The molecule has 0 aliphatic rings. The summed E-state index contributed by atoms with van der Waals surface area (Å²) in [4.78, 5) is 3.07. The first-order chi connectivity index (χ1) is 5.30. The van der Waals surface area contributed by atoms with Crippen molar-refractivity contribution in [1.29, 1.82) is 0 Å². The van der Waals surface area contributed by atoms with E-state index < -0.39 is 0 Å². The third-order valence-electron chi connectivity index (χ3n) is 1.68. The van der Waals surface area contributed by atoms with E-state index in [-0.39, 0.29) is 0 Å². The third kappa shape index (κ3) is 2.46. The lowest BCUT2D eigenvalue weighted by Gasteiger charge is -1.89. The van der Waals surface area contributed by atoms with Gasteiger partial charge in [0.15, 0.2) is 0 Å². The lowest BCUT2D eigenvalue weighted by atomic mass is 10.2. The summed E-state index contributed by atoms with van der Waals surface area (Å²) in [6.45, 7) is 4.19. The quantitative estimate of drug-likeness (QED) is 0.580. The minimum absolute atomic E-state index is 1.27. The van der Waals surface area contributed by atoms with Crippen molar-refractivity contribution in [1.82, 2.24) is 4.98 Å². The largest absolute Gasteiger partial charge is 0.367 e. The van der Waals surface area contributed by atoms with Crippen LogP contribution in [-0.2, 0) is 0 Å². The van der Waals surface area contributed by atoms with Crippen LogP contribution in [0.1, 0.15) is 11.1 Å². The molecule has 0 aliphatic heterocycles. The second kappa shape index (κ2) is 3.81. The molecule has 1 nitrogen and oxygen atoms in total. The average Bonchev–Trinajstić information content (AvgIpc) is 2.07. The molecule has 11 heavy (non-hydrogen) atoms. The van der Waals surface area contributed by atoms with Gasteiger partial charge in [-0.05, 0) is 31.0 Å². The van der Waals surface area contributed by atoms with E-state index in [1.165, 1.54) is 11.1 Å². The van der Waals surface area contributed by atoms with Gasteiger partial charge >= 0.3 is 0 Å². The van der Waals surface area contributed by atoms with Gasteiger partial charge < -0.3 is 4.98 Å². The van der Waals surface area contributed by atoms with Gasteiger partial charge in [0.1, 0.15) is 0 Å². The topological polar surface area (TPSA) is 15.8 Å². The monoisotopic (exact) mass is 147 g/mol. The van der Waals surface area contributed by atoms with Crippen molar-refractivity contribution in [2.45, 2.75) is 13.8 Å². The van der Waals surface area contributed by atoms with Crippen LogP contribution in [0.4, 0.5) is 0 Å². The Morgan fingerprint density at radius 2 is 1.82 bits per heavy atom. The Morgan fingerprint density at radius 3 is 2.64 bits per heavy atom. The molecule has 0 radical (unpaired) electrons. The molecule has 0 spiro atoms. The van der Waals surface area contributed by atoms with E-state index in [4.69, 9.17) is 0 Å². The molecule has 0 fully saturated rings. The molecule has 0 bridgehead atoms. The summed E-state index contributed by atoms with van der Waals surface area (Å²) in [5.41, 5.74) is 2.55. The Hall–Kier alpha value is -1.24. The lowest BCUT2D eigenvalue weighted by Crippen LogP contribution is -1.73. The van der Waals surface area contributed by atoms with Crippen molar-refractivity contribution < 1.29 is 0 Å². The van der Waals surface area contributed by atoms with Crippen LogP contribution in [0.25, 0.3) is 0 Å². The van der Waals surface area contributed by atoms with Crippen LogP contribution in [0.3, 0.4) is 0 Å². The number of aromatic amines is 1. The SMILES string of the molecule is Cc1ccccc[nH]cc1C.